The number of aromatic nitrogens is 1. The minimum Gasteiger partial charge on any atom is -0.497 e. The van der Waals surface area contributed by atoms with Crippen molar-refractivity contribution in [3.8, 4) is 5.75 Å². The number of hydrogen-bond donors (Lipinski definition) is 0. The molecule has 0 saturated heterocycles. The van der Waals surface area contributed by atoms with E-state index in [0.717, 1.165) is 12.3 Å². The summed E-state index contributed by atoms with van der Waals surface area (Å²) in [6.45, 7) is 0.912. The van der Waals surface area contributed by atoms with Crippen molar-refractivity contribution in [2.45, 2.75) is 77.2 Å². The number of rotatable bonds is 15. The smallest absolute Gasteiger partial charge is 0.173 e. The predicted octanol–water partition coefficient (Wildman–Crippen LogP) is 6.91. The van der Waals surface area contributed by atoms with Gasteiger partial charge in [0.25, 0.3) is 0 Å². The summed E-state index contributed by atoms with van der Waals surface area (Å²) in [5, 5.41) is 0. The van der Waals surface area contributed by atoms with Gasteiger partial charge < -0.3 is 4.74 Å². The fraction of sp³-hybridized carbons (Fsp3) is 0.560. The molecule has 0 aliphatic rings. The van der Waals surface area contributed by atoms with E-state index in [2.05, 4.69) is 63.8 Å². The highest BCUT2D eigenvalue weighted by Crippen LogP contribution is 2.13. The maximum Gasteiger partial charge on any atom is 0.173 e. The molecule has 0 atom stereocenters. The Balaban J connectivity index is 1.58. The molecule has 0 spiro atoms. The molecule has 2 aromatic rings. The Labute approximate surface area is 185 Å². The van der Waals surface area contributed by atoms with Gasteiger partial charge in [-0.05, 0) is 54.0 Å². The van der Waals surface area contributed by atoms with E-state index >= 15 is 0 Å². The van der Waals surface area contributed by atoms with Crippen LogP contribution in [-0.2, 0) is 13.0 Å². The minimum atomic E-state index is 0.912. The molecule has 3 heteroatoms. The highest BCUT2D eigenvalue weighted by atomic mass is 127. The number of ether oxygens (including phenoxy) is 1. The van der Waals surface area contributed by atoms with E-state index in [4.69, 9.17) is 4.74 Å². The molecule has 0 amide bonds. The third-order valence-corrected chi connectivity index (χ3v) is 6.06. The van der Waals surface area contributed by atoms with Crippen LogP contribution in [-0.4, -0.2) is 11.5 Å². The van der Waals surface area contributed by atoms with E-state index in [9.17, 15) is 0 Å². The lowest BCUT2D eigenvalue weighted by atomic mass is 10.0. The van der Waals surface area contributed by atoms with Crippen LogP contribution in [0.15, 0.2) is 48.8 Å². The first-order chi connectivity index (χ1) is 13.8. The average Bonchev–Trinajstić information content (AvgIpc) is 2.73. The molecule has 1 aromatic heterocycles. The average molecular weight is 494 g/mol. The van der Waals surface area contributed by atoms with Crippen LogP contribution in [0.4, 0.5) is 0 Å². The summed E-state index contributed by atoms with van der Waals surface area (Å²) in [6.07, 6.45) is 19.7. The van der Waals surface area contributed by atoms with E-state index in [1.807, 2.05) is 12.1 Å². The van der Waals surface area contributed by atoms with Crippen molar-refractivity contribution >= 4 is 22.6 Å². The van der Waals surface area contributed by atoms with Crippen LogP contribution < -0.4 is 9.30 Å². The lowest BCUT2D eigenvalue weighted by molar-refractivity contribution is -0.688. The van der Waals surface area contributed by atoms with E-state index in [1.54, 1.807) is 7.11 Å². The Hall–Kier alpha value is -1.10. The third-order valence-electron chi connectivity index (χ3n) is 5.29. The summed E-state index contributed by atoms with van der Waals surface area (Å²) in [5.41, 5.74) is 2.75. The van der Waals surface area contributed by atoms with Crippen molar-refractivity contribution < 1.29 is 9.30 Å². The van der Waals surface area contributed by atoms with Gasteiger partial charge in [0.1, 0.15) is 5.75 Å². The summed E-state index contributed by atoms with van der Waals surface area (Å²) in [4.78, 5) is 0. The number of unbranched alkanes of at least 4 members (excludes halogenated alkanes) is 9. The molecule has 0 unspecified atom stereocenters. The van der Waals surface area contributed by atoms with Gasteiger partial charge in [-0.15, -0.1) is 0 Å². The van der Waals surface area contributed by atoms with Crippen LogP contribution in [0.1, 0.15) is 75.3 Å². The van der Waals surface area contributed by atoms with Gasteiger partial charge >= 0.3 is 0 Å². The van der Waals surface area contributed by atoms with Gasteiger partial charge in [-0.2, -0.15) is 0 Å². The van der Waals surface area contributed by atoms with Gasteiger partial charge in [0, 0.05) is 17.2 Å². The van der Waals surface area contributed by atoms with Crippen molar-refractivity contribution in [3.63, 3.8) is 0 Å². The monoisotopic (exact) mass is 494 g/mol. The SMILES string of the molecule is COc1ccc(C[n+]2cccc(CCCCCCCCCCCCI)c2)cc1. The van der Waals surface area contributed by atoms with Crippen LogP contribution in [0, 0.1) is 0 Å². The summed E-state index contributed by atoms with van der Waals surface area (Å²) in [6, 6.07) is 12.8. The molecule has 2 nitrogen and oxygen atoms in total. The molecule has 0 fully saturated rings. The van der Waals surface area contributed by atoms with E-state index in [0.29, 0.717) is 0 Å². The van der Waals surface area contributed by atoms with Crippen molar-refractivity contribution in [2.24, 2.45) is 0 Å². The summed E-state index contributed by atoms with van der Waals surface area (Å²) in [7, 11) is 1.71. The molecule has 0 aliphatic carbocycles. The van der Waals surface area contributed by atoms with Gasteiger partial charge in [-0.3, -0.25) is 0 Å². The number of hydrogen-bond acceptors (Lipinski definition) is 1. The van der Waals surface area contributed by atoms with Gasteiger partial charge in [0.2, 0.25) is 0 Å². The van der Waals surface area contributed by atoms with Crippen molar-refractivity contribution in [1.82, 2.24) is 0 Å². The highest BCUT2D eigenvalue weighted by Gasteiger charge is 2.05. The van der Waals surface area contributed by atoms with Crippen LogP contribution in [0.5, 0.6) is 5.75 Å². The second-order valence-electron chi connectivity index (χ2n) is 7.71. The first-order valence-corrected chi connectivity index (χ1v) is 12.5. The number of methoxy groups -OCH3 is 1. The van der Waals surface area contributed by atoms with Crippen LogP contribution >= 0.6 is 22.6 Å². The van der Waals surface area contributed by atoms with Crippen LogP contribution in [0.2, 0.25) is 0 Å². The van der Waals surface area contributed by atoms with E-state index < -0.39 is 0 Å². The number of aryl methyl sites for hydroxylation is 1. The maximum absolute atomic E-state index is 5.24. The van der Waals surface area contributed by atoms with Gasteiger partial charge in [0.05, 0.1) is 7.11 Å². The zero-order valence-corrected chi connectivity index (χ0v) is 19.7. The normalized spacial score (nSPS) is 10.9. The van der Waals surface area contributed by atoms with Gasteiger partial charge in [-0.1, -0.05) is 74.0 Å². The molecule has 0 bridgehead atoms. The largest absolute Gasteiger partial charge is 0.497 e. The Bertz CT molecular complexity index is 641. The van der Waals surface area contributed by atoms with Crippen LogP contribution in [0.3, 0.4) is 0 Å². The summed E-state index contributed by atoms with van der Waals surface area (Å²) in [5.74, 6) is 0.915. The second kappa shape index (κ2) is 14.8. The Morgan fingerprint density at radius 1 is 0.750 bits per heavy atom. The topological polar surface area (TPSA) is 13.1 Å². The van der Waals surface area contributed by atoms with Crippen molar-refractivity contribution in [3.05, 3.63) is 59.9 Å². The molecule has 1 heterocycles. The minimum absolute atomic E-state index is 0.912. The summed E-state index contributed by atoms with van der Waals surface area (Å²) < 4.78 is 8.84. The van der Waals surface area contributed by atoms with Crippen molar-refractivity contribution in [2.75, 3.05) is 11.5 Å². The van der Waals surface area contributed by atoms with Crippen LogP contribution in [0.25, 0.3) is 0 Å². The zero-order valence-electron chi connectivity index (χ0n) is 17.5. The van der Waals surface area contributed by atoms with E-state index in [1.165, 1.54) is 86.2 Å². The molecule has 28 heavy (non-hydrogen) atoms. The Morgan fingerprint density at radius 3 is 1.96 bits per heavy atom. The van der Waals surface area contributed by atoms with Crippen molar-refractivity contribution in [1.29, 1.82) is 0 Å². The lowest BCUT2D eigenvalue weighted by Gasteiger charge is -2.04. The lowest BCUT2D eigenvalue weighted by Crippen LogP contribution is -2.33. The molecular weight excluding hydrogens is 457 g/mol. The first-order valence-electron chi connectivity index (χ1n) is 11.0. The fourth-order valence-electron chi connectivity index (χ4n) is 3.60. The maximum atomic E-state index is 5.24. The molecule has 0 radical (unpaired) electrons. The zero-order chi connectivity index (χ0) is 19.9. The molecule has 0 N–H and O–H groups in total. The molecule has 2 rings (SSSR count). The molecular formula is C25H37INO+. The standard InChI is InChI=1S/C25H37INO/c1-28-25-17-15-24(16-18-25)22-27-20-12-14-23(21-27)13-10-8-6-4-2-3-5-7-9-11-19-26/h12,14-18,20-21H,2-11,13,19,22H2,1H3/q+1. The van der Waals surface area contributed by atoms with E-state index in [-0.39, 0.29) is 0 Å². The molecule has 0 saturated carbocycles. The number of pyridine rings is 1. The number of nitrogens with zero attached hydrogens (tertiary/aromatic N) is 1. The first kappa shape index (κ1) is 23.2. The van der Waals surface area contributed by atoms with Gasteiger partial charge in [-0.25, -0.2) is 4.57 Å². The molecule has 0 aliphatic heterocycles. The third kappa shape index (κ3) is 9.90. The second-order valence-corrected chi connectivity index (χ2v) is 8.79. The number of alkyl halides is 1. The van der Waals surface area contributed by atoms with Gasteiger partial charge in [0.15, 0.2) is 18.9 Å². The summed E-state index contributed by atoms with van der Waals surface area (Å²) >= 11 is 2.48. The quantitative estimate of drug-likeness (QED) is 0.114. The number of benzene rings is 1. The Morgan fingerprint density at radius 2 is 1.36 bits per heavy atom. The molecule has 1 aromatic carbocycles. The predicted molar refractivity (Wildman–Crippen MR) is 127 cm³/mol. The fourth-order valence-corrected chi connectivity index (χ4v) is 4.14. The molecule has 154 valence electrons. The number of halogens is 1. The highest BCUT2D eigenvalue weighted by molar-refractivity contribution is 14.1. The Kier molecular flexibility index (Phi) is 12.3.